The van der Waals surface area contributed by atoms with Gasteiger partial charge in [-0.2, -0.15) is 4.98 Å². The Hall–Kier alpha value is -1.11. The fourth-order valence-electron chi connectivity index (χ4n) is 2.07. The number of anilines is 2. The van der Waals surface area contributed by atoms with Crippen LogP contribution < -0.4 is 10.2 Å². The third-order valence-electron chi connectivity index (χ3n) is 3.07. The van der Waals surface area contributed by atoms with E-state index in [1.54, 1.807) is 27.5 Å². The molecule has 2 unspecified atom stereocenters. The fourth-order valence-corrected chi connectivity index (χ4v) is 2.28. The zero-order valence-electron chi connectivity index (χ0n) is 10.7. The van der Waals surface area contributed by atoms with Gasteiger partial charge in [-0.15, -0.1) is 0 Å². The molecule has 0 spiro atoms. The highest BCUT2D eigenvalue weighted by molar-refractivity contribution is 6.32. The maximum absolute atomic E-state index is 6.14. The van der Waals surface area contributed by atoms with E-state index >= 15 is 0 Å². The number of aromatic nitrogens is 2. The van der Waals surface area contributed by atoms with Crippen molar-refractivity contribution in [1.29, 1.82) is 0 Å². The summed E-state index contributed by atoms with van der Waals surface area (Å²) in [5.41, 5.74) is 0. The van der Waals surface area contributed by atoms with Crippen molar-refractivity contribution in [1.82, 2.24) is 9.97 Å². The first-order valence-electron chi connectivity index (χ1n) is 5.70. The van der Waals surface area contributed by atoms with E-state index in [2.05, 4.69) is 15.3 Å². The Balaban J connectivity index is 2.22. The van der Waals surface area contributed by atoms with Crippen LogP contribution in [0.2, 0.25) is 5.02 Å². The van der Waals surface area contributed by atoms with Gasteiger partial charge in [0, 0.05) is 34.4 Å². The molecule has 7 heteroatoms. The van der Waals surface area contributed by atoms with Gasteiger partial charge in [0.25, 0.3) is 0 Å². The van der Waals surface area contributed by atoms with Crippen molar-refractivity contribution in [3.05, 3.63) is 11.2 Å². The van der Waals surface area contributed by atoms with Gasteiger partial charge in [0.15, 0.2) is 5.82 Å². The smallest absolute Gasteiger partial charge is 0.224 e. The molecule has 1 aliphatic rings. The summed E-state index contributed by atoms with van der Waals surface area (Å²) < 4.78 is 10.8. The minimum Gasteiger partial charge on any atom is -0.377 e. The highest BCUT2D eigenvalue weighted by atomic mass is 35.5. The van der Waals surface area contributed by atoms with Crippen molar-refractivity contribution in [2.45, 2.75) is 12.2 Å². The Kier molecular flexibility index (Phi) is 4.21. The summed E-state index contributed by atoms with van der Waals surface area (Å²) in [5.74, 6) is 1.25. The number of methoxy groups -OCH3 is 2. The van der Waals surface area contributed by atoms with Gasteiger partial charge in [-0.05, 0) is 0 Å². The topological polar surface area (TPSA) is 59.5 Å². The molecule has 0 saturated carbocycles. The minimum atomic E-state index is 0.0269. The van der Waals surface area contributed by atoms with Crippen molar-refractivity contribution in [2.75, 3.05) is 44.6 Å². The van der Waals surface area contributed by atoms with Crippen molar-refractivity contribution in [2.24, 2.45) is 0 Å². The van der Waals surface area contributed by atoms with E-state index in [0.717, 1.165) is 0 Å². The van der Waals surface area contributed by atoms with Crippen LogP contribution in [0, 0.1) is 0 Å². The lowest BCUT2D eigenvalue weighted by Crippen LogP contribution is -2.27. The molecule has 0 aliphatic carbocycles. The molecule has 1 N–H and O–H groups in total. The molecule has 0 radical (unpaired) electrons. The summed E-state index contributed by atoms with van der Waals surface area (Å²) in [5, 5.41) is 3.43. The lowest BCUT2D eigenvalue weighted by molar-refractivity contribution is -0.00461. The Labute approximate surface area is 111 Å². The maximum Gasteiger partial charge on any atom is 0.224 e. The standard InChI is InChI=1S/C11H17ClN4O2/c1-13-11-14-4-7(12)10(15-11)16-5-8(17-2)9(6-16)18-3/h4,8-9H,5-6H2,1-3H3,(H,13,14,15). The lowest BCUT2D eigenvalue weighted by Gasteiger charge is -2.18. The predicted molar refractivity (Wildman–Crippen MR) is 70.4 cm³/mol. The van der Waals surface area contributed by atoms with Gasteiger partial charge in [-0.1, -0.05) is 11.6 Å². The molecule has 0 bridgehead atoms. The van der Waals surface area contributed by atoms with E-state index in [4.69, 9.17) is 21.1 Å². The Morgan fingerprint density at radius 2 is 1.94 bits per heavy atom. The maximum atomic E-state index is 6.14. The normalized spacial score (nSPS) is 23.4. The highest BCUT2D eigenvalue weighted by Gasteiger charge is 2.34. The van der Waals surface area contributed by atoms with Gasteiger partial charge in [0.1, 0.15) is 17.2 Å². The average Bonchev–Trinajstić information content (AvgIpc) is 2.82. The van der Waals surface area contributed by atoms with Crippen molar-refractivity contribution in [3.8, 4) is 0 Å². The Morgan fingerprint density at radius 3 is 2.44 bits per heavy atom. The van der Waals surface area contributed by atoms with Crippen LogP contribution in [0.3, 0.4) is 0 Å². The summed E-state index contributed by atoms with van der Waals surface area (Å²) in [6, 6.07) is 0. The summed E-state index contributed by atoms with van der Waals surface area (Å²) in [6.45, 7) is 1.41. The van der Waals surface area contributed by atoms with E-state index in [1.807, 2.05) is 4.90 Å². The van der Waals surface area contributed by atoms with Gasteiger partial charge in [-0.25, -0.2) is 4.98 Å². The van der Waals surface area contributed by atoms with Gasteiger partial charge in [0.05, 0.1) is 6.20 Å². The van der Waals surface area contributed by atoms with Gasteiger partial charge >= 0.3 is 0 Å². The van der Waals surface area contributed by atoms with Crippen LogP contribution in [0.5, 0.6) is 0 Å². The molecule has 100 valence electrons. The molecular formula is C11H17ClN4O2. The molecule has 1 aromatic rings. The molecule has 2 atom stereocenters. The second kappa shape index (κ2) is 5.69. The van der Waals surface area contributed by atoms with Crippen molar-refractivity contribution >= 4 is 23.4 Å². The van der Waals surface area contributed by atoms with Gasteiger partial charge in [-0.3, -0.25) is 0 Å². The van der Waals surface area contributed by atoms with E-state index in [1.165, 1.54) is 0 Å². The Morgan fingerprint density at radius 1 is 1.33 bits per heavy atom. The summed E-state index contributed by atoms with van der Waals surface area (Å²) >= 11 is 6.14. The summed E-state index contributed by atoms with van der Waals surface area (Å²) in [4.78, 5) is 10.5. The third kappa shape index (κ3) is 2.50. The second-order valence-corrected chi connectivity index (χ2v) is 4.48. The molecule has 6 nitrogen and oxygen atoms in total. The van der Waals surface area contributed by atoms with E-state index in [0.29, 0.717) is 29.9 Å². The number of hydrogen-bond acceptors (Lipinski definition) is 6. The molecule has 1 saturated heterocycles. The monoisotopic (exact) mass is 272 g/mol. The molecular weight excluding hydrogens is 256 g/mol. The third-order valence-corrected chi connectivity index (χ3v) is 3.34. The van der Waals surface area contributed by atoms with E-state index < -0.39 is 0 Å². The van der Waals surface area contributed by atoms with Crippen molar-refractivity contribution < 1.29 is 9.47 Å². The number of rotatable bonds is 4. The fraction of sp³-hybridized carbons (Fsp3) is 0.636. The SMILES string of the molecule is CNc1ncc(Cl)c(N2CC(OC)C(OC)C2)n1. The van der Waals surface area contributed by atoms with Gasteiger partial charge < -0.3 is 19.7 Å². The summed E-state index contributed by atoms with van der Waals surface area (Å²) in [7, 11) is 5.13. The predicted octanol–water partition coefficient (Wildman–Crippen LogP) is 1.02. The molecule has 1 aromatic heterocycles. The first-order valence-corrected chi connectivity index (χ1v) is 6.08. The number of nitrogens with one attached hydrogen (secondary N) is 1. The number of halogens is 1. The molecule has 18 heavy (non-hydrogen) atoms. The van der Waals surface area contributed by atoms with Crippen LogP contribution in [0.25, 0.3) is 0 Å². The number of nitrogens with zero attached hydrogens (tertiary/aromatic N) is 3. The highest BCUT2D eigenvalue weighted by Crippen LogP contribution is 2.28. The minimum absolute atomic E-state index is 0.0269. The summed E-state index contributed by atoms with van der Waals surface area (Å²) in [6.07, 6.45) is 1.65. The molecule has 1 fully saturated rings. The zero-order valence-corrected chi connectivity index (χ0v) is 11.4. The first kappa shape index (κ1) is 13.3. The van der Waals surface area contributed by atoms with E-state index in [-0.39, 0.29) is 12.2 Å². The number of hydrogen-bond donors (Lipinski definition) is 1. The lowest BCUT2D eigenvalue weighted by atomic mass is 10.3. The molecule has 1 aliphatic heterocycles. The Bertz CT molecular complexity index is 406. The van der Waals surface area contributed by atoms with Gasteiger partial charge in [0.2, 0.25) is 5.95 Å². The second-order valence-electron chi connectivity index (χ2n) is 4.07. The van der Waals surface area contributed by atoms with Crippen molar-refractivity contribution in [3.63, 3.8) is 0 Å². The van der Waals surface area contributed by atoms with Crippen LogP contribution >= 0.6 is 11.6 Å². The molecule has 2 rings (SSSR count). The first-order chi connectivity index (χ1) is 8.69. The average molecular weight is 273 g/mol. The van der Waals surface area contributed by atoms with Crippen LogP contribution in [-0.4, -0.2) is 56.5 Å². The largest absolute Gasteiger partial charge is 0.377 e. The quantitative estimate of drug-likeness (QED) is 0.883. The van der Waals surface area contributed by atoms with Crippen LogP contribution in [0.1, 0.15) is 0 Å². The molecule has 2 heterocycles. The van der Waals surface area contributed by atoms with Crippen LogP contribution in [0.15, 0.2) is 6.20 Å². The van der Waals surface area contributed by atoms with Crippen LogP contribution in [0.4, 0.5) is 11.8 Å². The van der Waals surface area contributed by atoms with Crippen LogP contribution in [-0.2, 0) is 9.47 Å². The van der Waals surface area contributed by atoms with E-state index in [9.17, 15) is 0 Å². The molecule has 0 amide bonds. The molecule has 0 aromatic carbocycles. The zero-order chi connectivity index (χ0) is 13.1. The number of ether oxygens (including phenoxy) is 2.